The first kappa shape index (κ1) is 15.5. The number of rotatable bonds is 6. The molecule has 0 saturated carbocycles. The Hall–Kier alpha value is -1.92. The summed E-state index contributed by atoms with van der Waals surface area (Å²) in [6, 6.07) is 8.23. The van der Waals surface area contributed by atoms with Crippen molar-refractivity contribution < 1.29 is 13.2 Å². The van der Waals surface area contributed by atoms with Gasteiger partial charge in [0, 0.05) is 30.8 Å². The van der Waals surface area contributed by atoms with E-state index in [-0.39, 0.29) is 4.90 Å². The molecule has 2 aromatic rings. The van der Waals surface area contributed by atoms with E-state index in [9.17, 15) is 8.42 Å². The highest BCUT2D eigenvalue weighted by Gasteiger charge is 2.10. The highest BCUT2D eigenvalue weighted by atomic mass is 32.2. The SMILES string of the molecule is CCNCc1cnccc1Oc1cccc(S(C)(=O)=O)c1. The molecule has 0 spiro atoms. The second-order valence-electron chi connectivity index (χ2n) is 4.61. The largest absolute Gasteiger partial charge is 0.457 e. The van der Waals surface area contributed by atoms with Crippen LogP contribution in [-0.4, -0.2) is 26.2 Å². The van der Waals surface area contributed by atoms with E-state index in [0.717, 1.165) is 12.1 Å². The van der Waals surface area contributed by atoms with Crippen molar-refractivity contribution in [2.45, 2.75) is 18.4 Å². The lowest BCUT2D eigenvalue weighted by molar-refractivity contribution is 0.470. The number of benzene rings is 1. The number of hydrogen-bond acceptors (Lipinski definition) is 5. The molecule has 1 N–H and O–H groups in total. The van der Waals surface area contributed by atoms with Crippen LogP contribution in [0.25, 0.3) is 0 Å². The molecule has 0 atom stereocenters. The van der Waals surface area contributed by atoms with E-state index in [1.54, 1.807) is 36.7 Å². The Morgan fingerprint density at radius 1 is 1.29 bits per heavy atom. The Labute approximate surface area is 124 Å². The summed E-state index contributed by atoms with van der Waals surface area (Å²) in [6.07, 6.45) is 4.55. The monoisotopic (exact) mass is 306 g/mol. The summed E-state index contributed by atoms with van der Waals surface area (Å²) in [7, 11) is -3.25. The molecule has 0 bridgehead atoms. The summed E-state index contributed by atoms with van der Waals surface area (Å²) >= 11 is 0. The Morgan fingerprint density at radius 2 is 2.10 bits per heavy atom. The number of sulfone groups is 1. The summed E-state index contributed by atoms with van der Waals surface area (Å²) in [5, 5.41) is 3.21. The second-order valence-corrected chi connectivity index (χ2v) is 6.63. The van der Waals surface area contributed by atoms with Gasteiger partial charge >= 0.3 is 0 Å². The molecule has 0 amide bonds. The van der Waals surface area contributed by atoms with Crippen molar-refractivity contribution in [1.82, 2.24) is 10.3 Å². The zero-order chi connectivity index (χ0) is 15.3. The van der Waals surface area contributed by atoms with Crippen molar-refractivity contribution >= 4 is 9.84 Å². The van der Waals surface area contributed by atoms with Gasteiger partial charge in [0.15, 0.2) is 9.84 Å². The van der Waals surface area contributed by atoms with E-state index in [2.05, 4.69) is 10.3 Å². The standard InChI is InChI=1S/C15H18N2O3S/c1-3-16-10-12-11-17-8-7-15(12)20-13-5-4-6-14(9-13)21(2,18)19/h4-9,11,16H,3,10H2,1-2H3. The fourth-order valence-electron chi connectivity index (χ4n) is 1.80. The second kappa shape index (κ2) is 6.69. The van der Waals surface area contributed by atoms with E-state index < -0.39 is 9.84 Å². The minimum Gasteiger partial charge on any atom is -0.457 e. The van der Waals surface area contributed by atoms with E-state index in [0.29, 0.717) is 18.0 Å². The molecule has 1 heterocycles. The van der Waals surface area contributed by atoms with Gasteiger partial charge in [-0.15, -0.1) is 0 Å². The minimum absolute atomic E-state index is 0.238. The molecular weight excluding hydrogens is 288 g/mol. The number of ether oxygens (including phenoxy) is 1. The van der Waals surface area contributed by atoms with Crippen molar-refractivity contribution in [3.63, 3.8) is 0 Å². The molecule has 112 valence electrons. The molecular formula is C15H18N2O3S. The number of aromatic nitrogens is 1. The minimum atomic E-state index is -3.25. The van der Waals surface area contributed by atoms with E-state index in [1.807, 2.05) is 6.92 Å². The summed E-state index contributed by atoms with van der Waals surface area (Å²) in [5.41, 5.74) is 0.920. The fourth-order valence-corrected chi connectivity index (χ4v) is 2.46. The lowest BCUT2D eigenvalue weighted by Crippen LogP contribution is -2.12. The van der Waals surface area contributed by atoms with Crippen molar-refractivity contribution in [3.8, 4) is 11.5 Å². The van der Waals surface area contributed by atoms with Crippen LogP contribution in [0.15, 0.2) is 47.6 Å². The highest BCUT2D eigenvalue weighted by molar-refractivity contribution is 7.90. The summed E-state index contributed by atoms with van der Waals surface area (Å²) in [6.45, 7) is 3.51. The van der Waals surface area contributed by atoms with Gasteiger partial charge in [-0.25, -0.2) is 8.42 Å². The fraction of sp³-hybridized carbons (Fsp3) is 0.267. The average Bonchev–Trinajstić information content (AvgIpc) is 2.46. The van der Waals surface area contributed by atoms with Gasteiger partial charge < -0.3 is 10.1 Å². The van der Waals surface area contributed by atoms with Gasteiger partial charge in [-0.3, -0.25) is 4.98 Å². The predicted molar refractivity (Wildman–Crippen MR) is 81.2 cm³/mol. The van der Waals surface area contributed by atoms with E-state index in [1.165, 1.54) is 12.3 Å². The maximum Gasteiger partial charge on any atom is 0.175 e. The third-order valence-corrected chi connectivity index (χ3v) is 4.00. The van der Waals surface area contributed by atoms with Crippen molar-refractivity contribution in [2.24, 2.45) is 0 Å². The molecule has 2 rings (SSSR count). The summed E-state index contributed by atoms with van der Waals surface area (Å²) in [5.74, 6) is 1.15. The van der Waals surface area contributed by atoms with Crippen LogP contribution in [0.4, 0.5) is 0 Å². The Bertz CT molecular complexity index is 714. The molecule has 21 heavy (non-hydrogen) atoms. The van der Waals surface area contributed by atoms with Crippen molar-refractivity contribution in [2.75, 3.05) is 12.8 Å². The van der Waals surface area contributed by atoms with Gasteiger partial charge in [0.05, 0.1) is 4.90 Å². The molecule has 0 unspecified atom stereocenters. The van der Waals surface area contributed by atoms with E-state index in [4.69, 9.17) is 4.74 Å². The van der Waals surface area contributed by atoms with E-state index >= 15 is 0 Å². The Kier molecular flexibility index (Phi) is 4.93. The molecule has 6 heteroatoms. The predicted octanol–water partition coefficient (Wildman–Crippen LogP) is 2.39. The zero-order valence-corrected chi connectivity index (χ0v) is 12.9. The molecule has 5 nitrogen and oxygen atoms in total. The Balaban J connectivity index is 2.26. The van der Waals surface area contributed by atoms with Crippen LogP contribution in [0.1, 0.15) is 12.5 Å². The first-order chi connectivity index (χ1) is 10.0. The van der Waals surface area contributed by atoms with Gasteiger partial charge in [0.25, 0.3) is 0 Å². The van der Waals surface area contributed by atoms with Crippen molar-refractivity contribution in [3.05, 3.63) is 48.3 Å². The van der Waals surface area contributed by atoms with Gasteiger partial charge in [-0.05, 0) is 30.8 Å². The summed E-state index contributed by atoms with van der Waals surface area (Å²) in [4.78, 5) is 4.32. The lowest BCUT2D eigenvalue weighted by Gasteiger charge is -2.11. The van der Waals surface area contributed by atoms with Gasteiger partial charge in [-0.2, -0.15) is 0 Å². The van der Waals surface area contributed by atoms with Gasteiger partial charge in [0.1, 0.15) is 11.5 Å². The van der Waals surface area contributed by atoms with Crippen LogP contribution in [0.5, 0.6) is 11.5 Å². The molecule has 1 aromatic heterocycles. The Morgan fingerprint density at radius 3 is 2.81 bits per heavy atom. The molecule has 0 fully saturated rings. The normalized spacial score (nSPS) is 11.3. The third-order valence-electron chi connectivity index (χ3n) is 2.89. The molecule has 0 aliphatic rings. The van der Waals surface area contributed by atoms with Crippen LogP contribution < -0.4 is 10.1 Å². The molecule has 0 aliphatic heterocycles. The number of nitrogens with one attached hydrogen (secondary N) is 1. The molecule has 0 radical (unpaired) electrons. The van der Waals surface area contributed by atoms with Crippen LogP contribution >= 0.6 is 0 Å². The quantitative estimate of drug-likeness (QED) is 0.887. The maximum absolute atomic E-state index is 11.6. The number of pyridine rings is 1. The smallest absolute Gasteiger partial charge is 0.175 e. The lowest BCUT2D eigenvalue weighted by atomic mass is 10.2. The van der Waals surface area contributed by atoms with Crippen LogP contribution in [0.3, 0.4) is 0 Å². The molecule has 0 saturated heterocycles. The third kappa shape index (κ3) is 4.27. The van der Waals surface area contributed by atoms with Gasteiger partial charge in [-0.1, -0.05) is 13.0 Å². The number of nitrogens with zero attached hydrogens (tertiary/aromatic N) is 1. The average molecular weight is 306 g/mol. The topological polar surface area (TPSA) is 68.3 Å². The summed E-state index contributed by atoms with van der Waals surface area (Å²) < 4.78 is 28.9. The van der Waals surface area contributed by atoms with Crippen molar-refractivity contribution in [1.29, 1.82) is 0 Å². The van der Waals surface area contributed by atoms with Crippen LogP contribution in [0.2, 0.25) is 0 Å². The molecule has 0 aliphatic carbocycles. The first-order valence-corrected chi connectivity index (χ1v) is 8.51. The first-order valence-electron chi connectivity index (χ1n) is 6.62. The van der Waals surface area contributed by atoms with Crippen LogP contribution in [0, 0.1) is 0 Å². The van der Waals surface area contributed by atoms with Gasteiger partial charge in [0.2, 0.25) is 0 Å². The molecule has 1 aromatic carbocycles. The highest BCUT2D eigenvalue weighted by Crippen LogP contribution is 2.26. The van der Waals surface area contributed by atoms with Crippen LogP contribution in [-0.2, 0) is 16.4 Å². The maximum atomic E-state index is 11.6. The number of hydrogen-bond donors (Lipinski definition) is 1. The zero-order valence-electron chi connectivity index (χ0n) is 12.0.